The van der Waals surface area contributed by atoms with E-state index in [1.165, 1.54) is 0 Å². The third kappa shape index (κ3) is 3.67. The van der Waals surface area contributed by atoms with E-state index in [2.05, 4.69) is 15.9 Å². The number of halogens is 1. The Morgan fingerprint density at radius 3 is 2.43 bits per heavy atom. The molecule has 0 amide bonds. The summed E-state index contributed by atoms with van der Waals surface area (Å²) >= 11 is 3.39. The van der Waals surface area contributed by atoms with Gasteiger partial charge >= 0.3 is 0 Å². The van der Waals surface area contributed by atoms with Crippen molar-refractivity contribution >= 4 is 26.0 Å². The molecule has 21 heavy (non-hydrogen) atoms. The van der Waals surface area contributed by atoms with Crippen LogP contribution in [0.25, 0.3) is 0 Å². The van der Waals surface area contributed by atoms with Crippen molar-refractivity contribution in [1.82, 2.24) is 4.31 Å². The number of nitrogens with two attached hydrogens (primary N) is 1. The molecule has 0 bridgehead atoms. The highest BCUT2D eigenvalue weighted by Gasteiger charge is 2.33. The average molecular weight is 375 g/mol. The zero-order valence-electron chi connectivity index (χ0n) is 12.5. The van der Waals surface area contributed by atoms with E-state index in [0.29, 0.717) is 15.9 Å². The second-order valence-corrected chi connectivity index (χ2v) is 8.42. The first-order chi connectivity index (χ1) is 9.86. The van der Waals surface area contributed by atoms with Gasteiger partial charge in [0.1, 0.15) is 0 Å². The number of benzene rings is 1. The maximum absolute atomic E-state index is 12.9. The van der Waals surface area contributed by atoms with Crippen molar-refractivity contribution in [3.8, 4) is 0 Å². The normalized spacial score (nSPS) is 23.5. The minimum Gasteiger partial charge on any atom is -0.328 e. The SMILES string of the molecule is CCN(C1CCC(N)CC1)S(=O)(=O)c1ccc(C)cc1Br. The molecule has 1 aliphatic rings. The Morgan fingerprint density at radius 2 is 1.90 bits per heavy atom. The molecule has 1 aromatic rings. The van der Waals surface area contributed by atoms with E-state index in [0.717, 1.165) is 31.2 Å². The lowest BCUT2D eigenvalue weighted by Crippen LogP contribution is -2.44. The third-order valence-electron chi connectivity index (χ3n) is 4.13. The van der Waals surface area contributed by atoms with Crippen molar-refractivity contribution in [1.29, 1.82) is 0 Å². The van der Waals surface area contributed by atoms with Crippen LogP contribution < -0.4 is 5.73 Å². The molecule has 0 radical (unpaired) electrons. The monoisotopic (exact) mass is 374 g/mol. The zero-order chi connectivity index (χ0) is 15.6. The van der Waals surface area contributed by atoms with E-state index in [-0.39, 0.29) is 12.1 Å². The van der Waals surface area contributed by atoms with E-state index >= 15 is 0 Å². The van der Waals surface area contributed by atoms with Crippen LogP contribution in [0.4, 0.5) is 0 Å². The largest absolute Gasteiger partial charge is 0.328 e. The molecule has 0 spiro atoms. The molecule has 0 aromatic heterocycles. The van der Waals surface area contributed by atoms with E-state index in [1.54, 1.807) is 10.4 Å². The van der Waals surface area contributed by atoms with Crippen LogP contribution in [0.3, 0.4) is 0 Å². The van der Waals surface area contributed by atoms with Crippen LogP contribution >= 0.6 is 15.9 Å². The first-order valence-electron chi connectivity index (χ1n) is 7.39. The molecule has 0 heterocycles. The maximum Gasteiger partial charge on any atom is 0.244 e. The van der Waals surface area contributed by atoms with Crippen LogP contribution in [0, 0.1) is 6.92 Å². The Balaban J connectivity index is 2.31. The minimum atomic E-state index is -3.47. The molecule has 0 aliphatic heterocycles. The van der Waals surface area contributed by atoms with Gasteiger partial charge in [0.15, 0.2) is 0 Å². The topological polar surface area (TPSA) is 63.4 Å². The quantitative estimate of drug-likeness (QED) is 0.880. The molecule has 4 nitrogen and oxygen atoms in total. The standard InChI is InChI=1S/C15H23BrN2O2S/c1-3-18(13-7-5-12(17)6-8-13)21(19,20)15-9-4-11(2)10-14(15)16/h4,9-10,12-13H,3,5-8,17H2,1-2H3. The Hall–Kier alpha value is -0.430. The summed E-state index contributed by atoms with van der Waals surface area (Å²) in [5, 5.41) is 0. The average Bonchev–Trinajstić information content (AvgIpc) is 2.41. The number of sulfonamides is 1. The lowest BCUT2D eigenvalue weighted by molar-refractivity contribution is 0.247. The summed E-state index contributed by atoms with van der Waals surface area (Å²) in [4.78, 5) is 0.352. The van der Waals surface area contributed by atoms with Gasteiger partial charge < -0.3 is 5.73 Å². The van der Waals surface area contributed by atoms with Crippen LogP contribution in [-0.2, 0) is 10.0 Å². The number of rotatable bonds is 4. The Bertz CT molecular complexity index is 596. The highest BCUT2D eigenvalue weighted by Crippen LogP contribution is 2.31. The fraction of sp³-hybridized carbons (Fsp3) is 0.600. The second-order valence-electron chi connectivity index (χ2n) is 5.71. The molecule has 1 saturated carbocycles. The maximum atomic E-state index is 12.9. The summed E-state index contributed by atoms with van der Waals surface area (Å²) in [5.74, 6) is 0. The Morgan fingerprint density at radius 1 is 1.29 bits per heavy atom. The van der Waals surface area contributed by atoms with Gasteiger partial charge in [0, 0.05) is 23.1 Å². The van der Waals surface area contributed by atoms with Crippen molar-refractivity contribution in [3.05, 3.63) is 28.2 Å². The van der Waals surface area contributed by atoms with Crippen LogP contribution in [0.5, 0.6) is 0 Å². The number of hydrogen-bond donors (Lipinski definition) is 1. The lowest BCUT2D eigenvalue weighted by atomic mass is 9.92. The Kier molecular flexibility index (Phi) is 5.46. The van der Waals surface area contributed by atoms with Gasteiger partial charge in [-0.25, -0.2) is 8.42 Å². The first kappa shape index (κ1) is 16.9. The third-order valence-corrected chi connectivity index (χ3v) is 7.14. The van der Waals surface area contributed by atoms with E-state index < -0.39 is 10.0 Å². The Labute approximate surface area is 135 Å². The van der Waals surface area contributed by atoms with Gasteiger partial charge in [-0.1, -0.05) is 13.0 Å². The smallest absolute Gasteiger partial charge is 0.244 e. The second kappa shape index (κ2) is 6.77. The van der Waals surface area contributed by atoms with Crippen molar-refractivity contribution in [2.45, 2.75) is 56.5 Å². The summed E-state index contributed by atoms with van der Waals surface area (Å²) in [6.45, 7) is 4.33. The van der Waals surface area contributed by atoms with Crippen molar-refractivity contribution < 1.29 is 8.42 Å². The molecule has 2 rings (SSSR count). The van der Waals surface area contributed by atoms with Gasteiger partial charge in [-0.05, 0) is 66.2 Å². The van der Waals surface area contributed by atoms with Crippen molar-refractivity contribution in [2.75, 3.05) is 6.54 Å². The molecule has 1 aliphatic carbocycles. The molecule has 2 N–H and O–H groups in total. The molecule has 0 saturated heterocycles. The summed E-state index contributed by atoms with van der Waals surface area (Å²) in [7, 11) is -3.47. The predicted molar refractivity (Wildman–Crippen MR) is 88.7 cm³/mol. The molecule has 118 valence electrons. The molecule has 1 fully saturated rings. The van der Waals surface area contributed by atoms with Gasteiger partial charge in [0.05, 0.1) is 4.90 Å². The zero-order valence-corrected chi connectivity index (χ0v) is 15.0. The van der Waals surface area contributed by atoms with Gasteiger partial charge in [-0.3, -0.25) is 0 Å². The summed E-state index contributed by atoms with van der Waals surface area (Å²) in [6.07, 6.45) is 3.48. The molecular formula is C15H23BrN2O2S. The molecule has 0 unspecified atom stereocenters. The molecule has 6 heteroatoms. The van der Waals surface area contributed by atoms with Gasteiger partial charge in [0.2, 0.25) is 10.0 Å². The summed E-state index contributed by atoms with van der Waals surface area (Å²) in [6, 6.07) is 5.65. The highest BCUT2D eigenvalue weighted by atomic mass is 79.9. The van der Waals surface area contributed by atoms with Crippen LogP contribution in [0.1, 0.15) is 38.2 Å². The molecule has 1 aromatic carbocycles. The van der Waals surface area contributed by atoms with Crippen LogP contribution in [-0.4, -0.2) is 31.4 Å². The minimum absolute atomic E-state index is 0.0630. The fourth-order valence-corrected chi connectivity index (χ4v) is 5.80. The molecule has 0 atom stereocenters. The van der Waals surface area contributed by atoms with Crippen LogP contribution in [0.2, 0.25) is 0 Å². The number of aryl methyl sites for hydroxylation is 1. The van der Waals surface area contributed by atoms with E-state index in [9.17, 15) is 8.42 Å². The highest BCUT2D eigenvalue weighted by molar-refractivity contribution is 9.10. The van der Waals surface area contributed by atoms with Gasteiger partial charge in [0.25, 0.3) is 0 Å². The van der Waals surface area contributed by atoms with Crippen LogP contribution in [0.15, 0.2) is 27.6 Å². The van der Waals surface area contributed by atoms with Crippen molar-refractivity contribution in [3.63, 3.8) is 0 Å². The van der Waals surface area contributed by atoms with Crippen molar-refractivity contribution in [2.24, 2.45) is 5.73 Å². The van der Waals surface area contributed by atoms with E-state index in [1.807, 2.05) is 26.0 Å². The lowest BCUT2D eigenvalue weighted by Gasteiger charge is -2.34. The van der Waals surface area contributed by atoms with Gasteiger partial charge in [-0.15, -0.1) is 0 Å². The summed E-state index contributed by atoms with van der Waals surface area (Å²) in [5.41, 5.74) is 6.96. The summed E-state index contributed by atoms with van der Waals surface area (Å²) < 4.78 is 28.1. The predicted octanol–water partition coefficient (Wildman–Crippen LogP) is 3.04. The van der Waals surface area contributed by atoms with E-state index in [4.69, 9.17) is 5.73 Å². The number of nitrogens with zero attached hydrogens (tertiary/aromatic N) is 1. The first-order valence-corrected chi connectivity index (χ1v) is 9.63. The number of hydrogen-bond acceptors (Lipinski definition) is 3. The fourth-order valence-electron chi connectivity index (χ4n) is 2.96. The molecular weight excluding hydrogens is 352 g/mol. The van der Waals surface area contributed by atoms with Gasteiger partial charge in [-0.2, -0.15) is 4.31 Å².